The Morgan fingerprint density at radius 1 is 0.969 bits per heavy atom. The molecular weight excluding hydrogens is 406 g/mol. The highest BCUT2D eigenvalue weighted by molar-refractivity contribution is 6.15. The molecule has 164 valence electrons. The Hall–Kier alpha value is -3.19. The lowest BCUT2D eigenvalue weighted by Crippen LogP contribution is -2.54. The number of para-hydroxylation sites is 1. The van der Waals surface area contributed by atoms with Gasteiger partial charge in [-0.3, -0.25) is 24.6 Å². The summed E-state index contributed by atoms with van der Waals surface area (Å²) >= 11 is 0. The summed E-state index contributed by atoms with van der Waals surface area (Å²) in [6.45, 7) is 0. The minimum atomic E-state index is -1.25. The number of amides is 3. The Morgan fingerprint density at radius 3 is 2.44 bits per heavy atom. The van der Waals surface area contributed by atoms with E-state index in [-0.39, 0.29) is 35.6 Å². The van der Waals surface area contributed by atoms with E-state index >= 15 is 0 Å². The molecule has 1 aliphatic carbocycles. The zero-order chi connectivity index (χ0) is 22.0. The molecule has 1 spiro atoms. The molecule has 4 aliphatic rings. The second-order valence-electron chi connectivity index (χ2n) is 9.42. The molecule has 6 rings (SSSR count). The summed E-state index contributed by atoms with van der Waals surface area (Å²) in [5, 5.41) is 16.0. The number of hydrogen-bond acceptors (Lipinski definition) is 5. The van der Waals surface area contributed by atoms with E-state index < -0.39 is 17.4 Å². The number of hydrogen-bond donors (Lipinski definition) is 3. The van der Waals surface area contributed by atoms with E-state index in [9.17, 15) is 19.5 Å². The Bertz CT molecular complexity index is 1120. The van der Waals surface area contributed by atoms with E-state index in [0.717, 1.165) is 36.8 Å². The smallest absolute Gasteiger partial charge is 0.250 e. The van der Waals surface area contributed by atoms with E-state index in [1.54, 1.807) is 12.1 Å². The van der Waals surface area contributed by atoms with Gasteiger partial charge in [-0.15, -0.1) is 0 Å². The molecule has 0 bridgehead atoms. The standard InChI is InChI=1S/C25H25N3O4/c29-16-11-9-14(10-12-16)13-19-20-21(23(31)28(22(20)30)15-5-1-2-6-15)25(27-19)17-7-3-4-8-18(17)26-24(25)32/h3-4,7-12,15,19-21,27,29H,1-2,5-6,13H2,(H,26,32). The van der Waals surface area contributed by atoms with E-state index in [0.29, 0.717) is 12.1 Å². The SMILES string of the molecule is O=C1C2C(Cc3ccc(O)cc3)NC3(C(=O)Nc4ccccc43)C2C(=O)N1C1CCCC1. The first-order valence-electron chi connectivity index (χ1n) is 11.3. The van der Waals surface area contributed by atoms with Crippen molar-refractivity contribution in [3.63, 3.8) is 0 Å². The highest BCUT2D eigenvalue weighted by atomic mass is 16.3. The molecule has 3 fully saturated rings. The number of carbonyl (C=O) groups is 3. The Kier molecular flexibility index (Phi) is 4.21. The number of nitrogens with one attached hydrogen (secondary N) is 2. The number of rotatable bonds is 3. The van der Waals surface area contributed by atoms with E-state index in [2.05, 4.69) is 10.6 Å². The van der Waals surface area contributed by atoms with Crippen LogP contribution in [0.4, 0.5) is 5.69 Å². The summed E-state index contributed by atoms with van der Waals surface area (Å²) in [5.74, 6) is -1.84. The summed E-state index contributed by atoms with van der Waals surface area (Å²) in [6.07, 6.45) is 4.18. The van der Waals surface area contributed by atoms with Crippen molar-refractivity contribution in [1.82, 2.24) is 10.2 Å². The van der Waals surface area contributed by atoms with Crippen LogP contribution in [0.5, 0.6) is 5.75 Å². The van der Waals surface area contributed by atoms with Gasteiger partial charge in [-0.05, 0) is 43.0 Å². The fourth-order valence-corrected chi connectivity index (χ4v) is 6.36. The monoisotopic (exact) mass is 431 g/mol. The van der Waals surface area contributed by atoms with E-state index in [4.69, 9.17) is 0 Å². The Labute approximate surface area is 185 Å². The first-order valence-corrected chi connectivity index (χ1v) is 11.3. The predicted octanol–water partition coefficient (Wildman–Crippen LogP) is 2.30. The molecule has 3 heterocycles. The number of benzene rings is 2. The Balaban J connectivity index is 1.46. The van der Waals surface area contributed by atoms with Crippen molar-refractivity contribution in [3.05, 3.63) is 59.7 Å². The first-order chi connectivity index (χ1) is 15.5. The molecule has 2 aromatic carbocycles. The third kappa shape index (κ3) is 2.54. The lowest BCUT2D eigenvalue weighted by atomic mass is 9.76. The highest BCUT2D eigenvalue weighted by Gasteiger charge is 2.70. The number of phenols is 1. The van der Waals surface area contributed by atoms with Gasteiger partial charge in [-0.25, -0.2) is 0 Å². The molecular formula is C25H25N3O4. The average molecular weight is 431 g/mol. The van der Waals surface area contributed by atoms with Gasteiger partial charge in [0, 0.05) is 23.3 Å². The number of aromatic hydroxyl groups is 1. The van der Waals surface area contributed by atoms with Crippen LogP contribution in [-0.4, -0.2) is 39.8 Å². The van der Waals surface area contributed by atoms with Crippen molar-refractivity contribution >= 4 is 23.4 Å². The molecule has 7 nitrogen and oxygen atoms in total. The Morgan fingerprint density at radius 2 is 1.69 bits per heavy atom. The lowest BCUT2D eigenvalue weighted by Gasteiger charge is -2.31. The zero-order valence-corrected chi connectivity index (χ0v) is 17.6. The van der Waals surface area contributed by atoms with Gasteiger partial charge in [-0.2, -0.15) is 0 Å². The van der Waals surface area contributed by atoms with Gasteiger partial charge in [0.1, 0.15) is 11.3 Å². The number of imide groups is 1. The van der Waals surface area contributed by atoms with Gasteiger partial charge in [0.15, 0.2) is 0 Å². The molecule has 0 radical (unpaired) electrons. The maximum atomic E-state index is 13.8. The summed E-state index contributed by atoms with van der Waals surface area (Å²) < 4.78 is 0. The fourth-order valence-electron chi connectivity index (χ4n) is 6.36. The number of anilines is 1. The van der Waals surface area contributed by atoms with E-state index in [1.807, 2.05) is 36.4 Å². The van der Waals surface area contributed by atoms with Gasteiger partial charge in [0.05, 0.1) is 11.8 Å². The van der Waals surface area contributed by atoms with Crippen LogP contribution in [0.25, 0.3) is 0 Å². The van der Waals surface area contributed by atoms with Crippen LogP contribution in [0.2, 0.25) is 0 Å². The maximum absolute atomic E-state index is 13.8. The second-order valence-corrected chi connectivity index (χ2v) is 9.42. The third-order valence-electron chi connectivity index (χ3n) is 7.74. The quantitative estimate of drug-likeness (QED) is 0.648. The van der Waals surface area contributed by atoms with Crippen LogP contribution < -0.4 is 10.6 Å². The molecule has 1 saturated carbocycles. The van der Waals surface area contributed by atoms with Crippen molar-refractivity contribution in [2.75, 3.05) is 5.32 Å². The molecule has 2 aromatic rings. The van der Waals surface area contributed by atoms with Crippen LogP contribution in [0.15, 0.2) is 48.5 Å². The van der Waals surface area contributed by atoms with Gasteiger partial charge in [-0.1, -0.05) is 43.2 Å². The molecule has 3 aliphatic heterocycles. The van der Waals surface area contributed by atoms with Crippen molar-refractivity contribution in [3.8, 4) is 5.75 Å². The predicted molar refractivity (Wildman–Crippen MR) is 117 cm³/mol. The molecule has 4 unspecified atom stereocenters. The van der Waals surface area contributed by atoms with Crippen molar-refractivity contribution in [2.45, 2.75) is 49.7 Å². The summed E-state index contributed by atoms with van der Waals surface area (Å²) in [5.41, 5.74) is 1.11. The van der Waals surface area contributed by atoms with Crippen LogP contribution in [-0.2, 0) is 26.3 Å². The second kappa shape index (κ2) is 6.90. The third-order valence-corrected chi connectivity index (χ3v) is 7.74. The summed E-state index contributed by atoms with van der Waals surface area (Å²) in [7, 11) is 0. The average Bonchev–Trinajstić information content (AvgIpc) is 3.52. The molecule has 2 saturated heterocycles. The lowest BCUT2D eigenvalue weighted by molar-refractivity contribution is -0.145. The van der Waals surface area contributed by atoms with Crippen LogP contribution in [0.1, 0.15) is 36.8 Å². The highest BCUT2D eigenvalue weighted by Crippen LogP contribution is 2.54. The molecule has 32 heavy (non-hydrogen) atoms. The molecule has 0 aromatic heterocycles. The van der Waals surface area contributed by atoms with Crippen molar-refractivity contribution in [1.29, 1.82) is 0 Å². The summed E-state index contributed by atoms with van der Waals surface area (Å²) in [6, 6.07) is 13.8. The van der Waals surface area contributed by atoms with Gasteiger partial charge < -0.3 is 10.4 Å². The van der Waals surface area contributed by atoms with Gasteiger partial charge >= 0.3 is 0 Å². The van der Waals surface area contributed by atoms with Gasteiger partial charge in [0.2, 0.25) is 17.7 Å². The normalized spacial score (nSPS) is 31.4. The maximum Gasteiger partial charge on any atom is 0.250 e. The minimum absolute atomic E-state index is 0.0633. The topological polar surface area (TPSA) is 98.7 Å². The number of likely N-dealkylation sites (tertiary alicyclic amines) is 1. The van der Waals surface area contributed by atoms with Crippen LogP contribution >= 0.6 is 0 Å². The number of nitrogens with zero attached hydrogens (tertiary/aromatic N) is 1. The van der Waals surface area contributed by atoms with E-state index in [1.165, 1.54) is 4.90 Å². The fraction of sp³-hybridized carbons (Fsp3) is 0.400. The molecule has 7 heteroatoms. The number of fused-ring (bicyclic) bond motifs is 4. The first kappa shape index (κ1) is 19.5. The number of carbonyl (C=O) groups excluding carboxylic acids is 3. The van der Waals surface area contributed by atoms with Crippen LogP contribution in [0, 0.1) is 11.8 Å². The molecule has 3 N–H and O–H groups in total. The summed E-state index contributed by atoms with van der Waals surface area (Å²) in [4.78, 5) is 42.4. The molecule has 3 amide bonds. The zero-order valence-electron chi connectivity index (χ0n) is 17.6. The number of phenolic OH excluding ortho intramolecular Hbond substituents is 1. The minimum Gasteiger partial charge on any atom is -0.508 e. The largest absolute Gasteiger partial charge is 0.508 e. The van der Waals surface area contributed by atoms with Crippen LogP contribution in [0.3, 0.4) is 0 Å². The molecule has 4 atom stereocenters. The van der Waals surface area contributed by atoms with Crippen molar-refractivity contribution < 1.29 is 19.5 Å². The van der Waals surface area contributed by atoms with Crippen molar-refractivity contribution in [2.24, 2.45) is 11.8 Å². The van der Waals surface area contributed by atoms with Gasteiger partial charge in [0.25, 0.3) is 0 Å².